The standard InChI is InChI=1S/C14H19NO2/c1-2-13(11-6-4-3-5-7-11)14(17)15-9-8-12(16)10-15/h3-7,12-13,16H,2,8-10H2,1H3/t12-,13-/m0/s1. The predicted molar refractivity (Wildman–Crippen MR) is 66.7 cm³/mol. The minimum absolute atomic E-state index is 0.0681. The average molecular weight is 233 g/mol. The van der Waals surface area contributed by atoms with Gasteiger partial charge < -0.3 is 10.0 Å². The number of carbonyl (C=O) groups excluding carboxylic acids is 1. The van der Waals surface area contributed by atoms with E-state index in [2.05, 4.69) is 0 Å². The van der Waals surface area contributed by atoms with Crippen LogP contribution in [0.15, 0.2) is 30.3 Å². The summed E-state index contributed by atoms with van der Waals surface area (Å²) in [7, 11) is 0. The first-order valence-corrected chi connectivity index (χ1v) is 6.24. The number of hydrogen-bond donors (Lipinski definition) is 1. The molecule has 2 rings (SSSR count). The van der Waals surface area contributed by atoms with Crippen molar-refractivity contribution in [3.05, 3.63) is 35.9 Å². The average Bonchev–Trinajstić information content (AvgIpc) is 2.78. The monoisotopic (exact) mass is 233 g/mol. The van der Waals surface area contributed by atoms with E-state index >= 15 is 0 Å². The molecule has 1 fully saturated rings. The number of benzene rings is 1. The third-order valence-corrected chi connectivity index (χ3v) is 3.38. The van der Waals surface area contributed by atoms with Gasteiger partial charge in [-0.1, -0.05) is 37.3 Å². The Morgan fingerprint density at radius 1 is 1.47 bits per heavy atom. The van der Waals surface area contributed by atoms with Crippen LogP contribution in [0.3, 0.4) is 0 Å². The Morgan fingerprint density at radius 3 is 2.71 bits per heavy atom. The van der Waals surface area contributed by atoms with E-state index in [1.807, 2.05) is 37.3 Å². The normalized spacial score (nSPS) is 21.5. The first-order chi connectivity index (χ1) is 8.22. The highest BCUT2D eigenvalue weighted by molar-refractivity contribution is 5.84. The summed E-state index contributed by atoms with van der Waals surface area (Å²) in [6.45, 7) is 3.20. The molecule has 1 heterocycles. The Hall–Kier alpha value is -1.35. The van der Waals surface area contributed by atoms with Gasteiger partial charge in [0.05, 0.1) is 12.0 Å². The molecule has 3 nitrogen and oxygen atoms in total. The fourth-order valence-corrected chi connectivity index (χ4v) is 2.40. The summed E-state index contributed by atoms with van der Waals surface area (Å²) in [6, 6.07) is 9.88. The number of likely N-dealkylation sites (tertiary alicyclic amines) is 1. The van der Waals surface area contributed by atoms with Crippen LogP contribution >= 0.6 is 0 Å². The molecule has 2 atom stereocenters. The molecule has 17 heavy (non-hydrogen) atoms. The quantitative estimate of drug-likeness (QED) is 0.864. The Kier molecular flexibility index (Phi) is 3.79. The van der Waals surface area contributed by atoms with Gasteiger partial charge in [0.1, 0.15) is 0 Å². The molecule has 1 aromatic carbocycles. The second kappa shape index (κ2) is 5.32. The van der Waals surface area contributed by atoms with Crippen molar-refractivity contribution in [3.63, 3.8) is 0 Å². The van der Waals surface area contributed by atoms with Gasteiger partial charge in [0, 0.05) is 13.1 Å². The number of β-amino-alcohol motifs (C(OH)–C–C–N with tert-alkyl or cyclic N) is 1. The van der Waals surface area contributed by atoms with Crippen LogP contribution in [0.1, 0.15) is 31.2 Å². The van der Waals surface area contributed by atoms with Gasteiger partial charge in [0.15, 0.2) is 0 Å². The second-order valence-electron chi connectivity index (χ2n) is 4.60. The highest BCUT2D eigenvalue weighted by Gasteiger charge is 2.29. The van der Waals surface area contributed by atoms with Crippen LogP contribution in [-0.4, -0.2) is 35.1 Å². The van der Waals surface area contributed by atoms with Crippen molar-refractivity contribution < 1.29 is 9.90 Å². The molecular weight excluding hydrogens is 214 g/mol. The van der Waals surface area contributed by atoms with Gasteiger partial charge in [-0.3, -0.25) is 4.79 Å². The molecular formula is C14H19NO2. The van der Waals surface area contributed by atoms with Crippen LogP contribution in [0.4, 0.5) is 0 Å². The van der Waals surface area contributed by atoms with Crippen molar-refractivity contribution in [2.24, 2.45) is 0 Å². The summed E-state index contributed by atoms with van der Waals surface area (Å²) in [4.78, 5) is 14.1. The molecule has 1 aliphatic rings. The zero-order valence-corrected chi connectivity index (χ0v) is 10.2. The van der Waals surface area contributed by atoms with E-state index in [1.165, 1.54) is 0 Å². The maximum absolute atomic E-state index is 12.3. The van der Waals surface area contributed by atoms with Crippen molar-refractivity contribution in [1.82, 2.24) is 4.90 Å². The molecule has 0 aromatic heterocycles. The molecule has 0 unspecified atom stereocenters. The van der Waals surface area contributed by atoms with E-state index < -0.39 is 0 Å². The fourth-order valence-electron chi connectivity index (χ4n) is 2.40. The van der Waals surface area contributed by atoms with Gasteiger partial charge in [-0.2, -0.15) is 0 Å². The lowest BCUT2D eigenvalue weighted by Gasteiger charge is -2.22. The molecule has 0 bridgehead atoms. The van der Waals surface area contributed by atoms with Crippen molar-refractivity contribution in [1.29, 1.82) is 0 Å². The van der Waals surface area contributed by atoms with Gasteiger partial charge in [0.2, 0.25) is 5.91 Å². The minimum atomic E-state index is -0.341. The summed E-state index contributed by atoms with van der Waals surface area (Å²) in [6.07, 6.45) is 1.17. The Morgan fingerprint density at radius 2 is 2.18 bits per heavy atom. The molecule has 1 N–H and O–H groups in total. The highest BCUT2D eigenvalue weighted by Crippen LogP contribution is 2.24. The molecule has 0 aliphatic carbocycles. The van der Waals surface area contributed by atoms with Gasteiger partial charge in [-0.15, -0.1) is 0 Å². The largest absolute Gasteiger partial charge is 0.391 e. The van der Waals surface area contributed by atoms with E-state index in [0.717, 1.165) is 12.0 Å². The van der Waals surface area contributed by atoms with Crippen LogP contribution in [-0.2, 0) is 4.79 Å². The van der Waals surface area contributed by atoms with Crippen LogP contribution in [0.25, 0.3) is 0 Å². The third kappa shape index (κ3) is 2.67. The molecule has 3 heteroatoms. The Balaban J connectivity index is 2.11. The van der Waals surface area contributed by atoms with E-state index in [4.69, 9.17) is 0 Å². The summed E-state index contributed by atoms with van der Waals surface area (Å²) >= 11 is 0. The molecule has 0 radical (unpaired) electrons. The number of aliphatic hydroxyl groups excluding tert-OH is 1. The Bertz CT molecular complexity index is 377. The summed E-state index contributed by atoms with van der Waals surface area (Å²) in [5, 5.41) is 9.48. The fraction of sp³-hybridized carbons (Fsp3) is 0.500. The van der Waals surface area contributed by atoms with E-state index in [0.29, 0.717) is 19.5 Å². The van der Waals surface area contributed by atoms with E-state index in [-0.39, 0.29) is 17.9 Å². The predicted octanol–water partition coefficient (Wildman–Crippen LogP) is 1.77. The number of rotatable bonds is 3. The molecule has 92 valence electrons. The van der Waals surface area contributed by atoms with Crippen molar-refractivity contribution >= 4 is 5.91 Å². The zero-order valence-electron chi connectivity index (χ0n) is 10.2. The maximum Gasteiger partial charge on any atom is 0.230 e. The SMILES string of the molecule is CC[C@H](C(=O)N1CC[C@H](O)C1)c1ccccc1. The summed E-state index contributed by atoms with van der Waals surface area (Å²) in [5.41, 5.74) is 1.07. The first-order valence-electron chi connectivity index (χ1n) is 6.24. The molecule has 0 spiro atoms. The molecule has 1 amide bonds. The van der Waals surface area contributed by atoms with Gasteiger partial charge >= 0.3 is 0 Å². The lowest BCUT2D eigenvalue weighted by Crippen LogP contribution is -2.33. The summed E-state index contributed by atoms with van der Waals surface area (Å²) < 4.78 is 0. The second-order valence-corrected chi connectivity index (χ2v) is 4.60. The van der Waals surface area contributed by atoms with Crippen LogP contribution < -0.4 is 0 Å². The third-order valence-electron chi connectivity index (χ3n) is 3.38. The molecule has 1 aromatic rings. The topological polar surface area (TPSA) is 40.5 Å². The molecule has 1 aliphatic heterocycles. The van der Waals surface area contributed by atoms with E-state index in [1.54, 1.807) is 4.90 Å². The lowest BCUT2D eigenvalue weighted by molar-refractivity contribution is -0.132. The van der Waals surface area contributed by atoms with Crippen LogP contribution in [0, 0.1) is 0 Å². The number of aliphatic hydroxyl groups is 1. The minimum Gasteiger partial charge on any atom is -0.391 e. The van der Waals surface area contributed by atoms with Crippen molar-refractivity contribution in [3.8, 4) is 0 Å². The number of carbonyl (C=O) groups is 1. The number of amides is 1. The van der Waals surface area contributed by atoms with Crippen molar-refractivity contribution in [2.75, 3.05) is 13.1 Å². The van der Waals surface area contributed by atoms with Crippen LogP contribution in [0.5, 0.6) is 0 Å². The van der Waals surface area contributed by atoms with Crippen LogP contribution in [0.2, 0.25) is 0 Å². The zero-order chi connectivity index (χ0) is 12.3. The van der Waals surface area contributed by atoms with Gasteiger partial charge in [0.25, 0.3) is 0 Å². The number of nitrogens with zero attached hydrogens (tertiary/aromatic N) is 1. The smallest absolute Gasteiger partial charge is 0.230 e. The summed E-state index contributed by atoms with van der Waals surface area (Å²) in [5.74, 6) is 0.0803. The first kappa shape index (κ1) is 12.1. The van der Waals surface area contributed by atoms with E-state index in [9.17, 15) is 9.90 Å². The van der Waals surface area contributed by atoms with Gasteiger partial charge in [-0.05, 0) is 18.4 Å². The highest BCUT2D eigenvalue weighted by atomic mass is 16.3. The van der Waals surface area contributed by atoms with Gasteiger partial charge in [-0.25, -0.2) is 0 Å². The maximum atomic E-state index is 12.3. The molecule has 1 saturated heterocycles. The molecule has 0 saturated carbocycles. The Labute approximate surface area is 102 Å². The number of hydrogen-bond acceptors (Lipinski definition) is 2. The van der Waals surface area contributed by atoms with Crippen molar-refractivity contribution in [2.45, 2.75) is 31.8 Å². The lowest BCUT2D eigenvalue weighted by atomic mass is 9.95.